The summed E-state index contributed by atoms with van der Waals surface area (Å²) in [5.41, 5.74) is 1.43. The minimum Gasteiger partial charge on any atom is -0.496 e. The Morgan fingerprint density at radius 2 is 2.21 bits per heavy atom. The third kappa shape index (κ3) is 2.64. The molecule has 0 fully saturated rings. The van der Waals surface area contributed by atoms with Gasteiger partial charge in [-0.1, -0.05) is 0 Å². The monoisotopic (exact) mass is 328 g/mol. The normalized spacial score (nSPS) is 10.8. The van der Waals surface area contributed by atoms with Crippen molar-refractivity contribution in [3.05, 3.63) is 34.3 Å². The maximum Gasteiger partial charge on any atom is 0.145 e. The standard InChI is InChI=1S/C13H14BrFN2O2/c1-17-10(5-6-18)12(14)16-13(17)9-7-8(15)3-4-11(9)19-2/h3-4,7,18H,5-6H2,1-2H3. The van der Waals surface area contributed by atoms with Crippen LogP contribution in [0.1, 0.15) is 5.69 Å². The van der Waals surface area contributed by atoms with Crippen molar-refractivity contribution in [2.24, 2.45) is 7.05 Å². The molecule has 2 aromatic rings. The molecule has 1 aromatic heterocycles. The van der Waals surface area contributed by atoms with E-state index < -0.39 is 0 Å². The summed E-state index contributed by atoms with van der Waals surface area (Å²) in [6.07, 6.45) is 0.474. The van der Waals surface area contributed by atoms with Gasteiger partial charge in [0.15, 0.2) is 0 Å². The molecule has 2 rings (SSSR count). The Morgan fingerprint density at radius 1 is 1.47 bits per heavy atom. The fraction of sp³-hybridized carbons (Fsp3) is 0.308. The fourth-order valence-electron chi connectivity index (χ4n) is 1.97. The molecule has 19 heavy (non-hydrogen) atoms. The van der Waals surface area contributed by atoms with Crippen LogP contribution in [0.3, 0.4) is 0 Å². The Bertz CT molecular complexity index is 599. The summed E-state index contributed by atoms with van der Waals surface area (Å²) in [5.74, 6) is 0.794. The van der Waals surface area contributed by atoms with Crippen molar-refractivity contribution in [2.75, 3.05) is 13.7 Å². The first-order chi connectivity index (χ1) is 9.08. The molecule has 6 heteroatoms. The molecule has 1 aromatic carbocycles. The molecule has 0 aliphatic rings. The minimum atomic E-state index is -0.348. The second-order valence-electron chi connectivity index (χ2n) is 4.05. The number of hydrogen-bond acceptors (Lipinski definition) is 3. The highest BCUT2D eigenvalue weighted by atomic mass is 79.9. The quantitative estimate of drug-likeness (QED) is 0.938. The van der Waals surface area contributed by atoms with Crippen molar-refractivity contribution in [1.29, 1.82) is 0 Å². The molecule has 0 unspecified atom stereocenters. The average Bonchev–Trinajstić information content (AvgIpc) is 2.67. The summed E-state index contributed by atoms with van der Waals surface area (Å²) in [5, 5.41) is 9.05. The maximum atomic E-state index is 13.4. The second-order valence-corrected chi connectivity index (χ2v) is 4.80. The summed E-state index contributed by atoms with van der Waals surface area (Å²) >= 11 is 3.35. The van der Waals surface area contributed by atoms with E-state index >= 15 is 0 Å². The van der Waals surface area contributed by atoms with E-state index in [0.717, 1.165) is 5.69 Å². The molecule has 0 saturated heterocycles. The molecule has 1 N–H and O–H groups in total. The van der Waals surface area contributed by atoms with Crippen molar-refractivity contribution in [3.8, 4) is 17.1 Å². The second kappa shape index (κ2) is 5.71. The van der Waals surface area contributed by atoms with Gasteiger partial charge in [-0.05, 0) is 34.1 Å². The molecule has 0 aliphatic heterocycles. The molecule has 0 atom stereocenters. The molecular formula is C13H14BrFN2O2. The number of methoxy groups -OCH3 is 1. The number of halogens is 2. The van der Waals surface area contributed by atoms with Crippen LogP contribution in [0.15, 0.2) is 22.8 Å². The summed E-state index contributed by atoms with van der Waals surface area (Å²) in [6.45, 7) is 0.0257. The number of aliphatic hydroxyl groups is 1. The molecule has 0 aliphatic carbocycles. The Balaban J connectivity index is 2.59. The lowest BCUT2D eigenvalue weighted by Gasteiger charge is -2.09. The Labute approximate surface area is 119 Å². The highest BCUT2D eigenvalue weighted by Gasteiger charge is 2.17. The van der Waals surface area contributed by atoms with Gasteiger partial charge in [-0.25, -0.2) is 9.37 Å². The first-order valence-electron chi connectivity index (χ1n) is 5.74. The molecule has 0 saturated carbocycles. The van der Waals surface area contributed by atoms with Crippen molar-refractivity contribution < 1.29 is 14.2 Å². The third-order valence-electron chi connectivity index (χ3n) is 2.92. The Hall–Kier alpha value is -1.40. The summed E-state index contributed by atoms with van der Waals surface area (Å²) in [6, 6.07) is 4.30. The largest absolute Gasteiger partial charge is 0.496 e. The number of aliphatic hydroxyl groups excluding tert-OH is 1. The van der Waals surface area contributed by atoms with E-state index in [2.05, 4.69) is 20.9 Å². The summed E-state index contributed by atoms with van der Waals surface area (Å²) < 4.78 is 21.1. The zero-order valence-corrected chi connectivity index (χ0v) is 12.2. The molecule has 0 spiro atoms. The third-order valence-corrected chi connectivity index (χ3v) is 3.55. The van der Waals surface area contributed by atoms with Gasteiger partial charge in [0, 0.05) is 20.1 Å². The number of aromatic nitrogens is 2. The molecule has 0 amide bonds. The van der Waals surface area contributed by atoms with Crippen LogP contribution in [0.25, 0.3) is 11.4 Å². The molecule has 4 nitrogen and oxygen atoms in total. The maximum absolute atomic E-state index is 13.4. The van der Waals surface area contributed by atoms with Crippen molar-refractivity contribution in [2.45, 2.75) is 6.42 Å². The average molecular weight is 329 g/mol. The van der Waals surface area contributed by atoms with E-state index in [1.807, 2.05) is 11.6 Å². The van der Waals surface area contributed by atoms with Gasteiger partial charge in [-0.2, -0.15) is 0 Å². The first-order valence-corrected chi connectivity index (χ1v) is 6.53. The van der Waals surface area contributed by atoms with Crippen molar-refractivity contribution >= 4 is 15.9 Å². The number of ether oxygens (including phenoxy) is 1. The SMILES string of the molecule is COc1ccc(F)cc1-c1nc(Br)c(CCO)n1C. The van der Waals surface area contributed by atoms with Gasteiger partial charge in [0.25, 0.3) is 0 Å². The van der Waals surface area contributed by atoms with Crippen LogP contribution in [0.5, 0.6) is 5.75 Å². The zero-order chi connectivity index (χ0) is 14.0. The molecule has 102 valence electrons. The van der Waals surface area contributed by atoms with Crippen LogP contribution < -0.4 is 4.74 Å². The predicted octanol–water partition coefficient (Wildman–Crippen LogP) is 2.53. The number of rotatable bonds is 4. The van der Waals surface area contributed by atoms with Gasteiger partial charge in [-0.3, -0.25) is 0 Å². The molecule has 0 radical (unpaired) electrons. The zero-order valence-electron chi connectivity index (χ0n) is 10.7. The van der Waals surface area contributed by atoms with Crippen LogP contribution in [-0.2, 0) is 13.5 Å². The fourth-order valence-corrected chi connectivity index (χ4v) is 2.60. The number of imidazole rings is 1. The lowest BCUT2D eigenvalue weighted by Crippen LogP contribution is -2.02. The molecular weight excluding hydrogens is 315 g/mol. The van der Waals surface area contributed by atoms with Crippen molar-refractivity contribution in [1.82, 2.24) is 9.55 Å². The van der Waals surface area contributed by atoms with E-state index in [4.69, 9.17) is 9.84 Å². The first kappa shape index (κ1) is 14.0. The lowest BCUT2D eigenvalue weighted by molar-refractivity contribution is 0.296. The van der Waals surface area contributed by atoms with E-state index in [0.29, 0.717) is 28.2 Å². The van der Waals surface area contributed by atoms with E-state index in [1.54, 1.807) is 6.07 Å². The highest BCUT2D eigenvalue weighted by molar-refractivity contribution is 9.10. The van der Waals surface area contributed by atoms with Gasteiger partial charge in [-0.15, -0.1) is 0 Å². The van der Waals surface area contributed by atoms with E-state index in [1.165, 1.54) is 19.2 Å². The lowest BCUT2D eigenvalue weighted by atomic mass is 10.2. The molecule has 1 heterocycles. The van der Waals surface area contributed by atoms with Crippen LogP contribution >= 0.6 is 15.9 Å². The van der Waals surface area contributed by atoms with Crippen LogP contribution in [0.2, 0.25) is 0 Å². The predicted molar refractivity (Wildman–Crippen MR) is 73.6 cm³/mol. The number of benzene rings is 1. The van der Waals surface area contributed by atoms with Gasteiger partial charge in [0.1, 0.15) is 22.0 Å². The van der Waals surface area contributed by atoms with Crippen LogP contribution in [-0.4, -0.2) is 28.4 Å². The van der Waals surface area contributed by atoms with Crippen LogP contribution in [0.4, 0.5) is 4.39 Å². The number of nitrogens with zero attached hydrogens (tertiary/aromatic N) is 2. The number of hydrogen-bond donors (Lipinski definition) is 1. The van der Waals surface area contributed by atoms with Gasteiger partial charge < -0.3 is 14.4 Å². The van der Waals surface area contributed by atoms with Crippen LogP contribution in [0, 0.1) is 5.82 Å². The van der Waals surface area contributed by atoms with Gasteiger partial charge >= 0.3 is 0 Å². The highest BCUT2D eigenvalue weighted by Crippen LogP contribution is 2.32. The summed E-state index contributed by atoms with van der Waals surface area (Å²) in [4.78, 5) is 4.37. The Kier molecular flexibility index (Phi) is 4.21. The van der Waals surface area contributed by atoms with E-state index in [-0.39, 0.29) is 12.4 Å². The topological polar surface area (TPSA) is 47.3 Å². The van der Waals surface area contributed by atoms with Gasteiger partial charge in [0.2, 0.25) is 0 Å². The minimum absolute atomic E-state index is 0.0257. The summed E-state index contributed by atoms with van der Waals surface area (Å²) in [7, 11) is 3.35. The molecule has 0 bridgehead atoms. The van der Waals surface area contributed by atoms with Gasteiger partial charge in [0.05, 0.1) is 18.4 Å². The van der Waals surface area contributed by atoms with E-state index in [9.17, 15) is 4.39 Å². The Morgan fingerprint density at radius 3 is 2.84 bits per heavy atom. The van der Waals surface area contributed by atoms with Crippen molar-refractivity contribution in [3.63, 3.8) is 0 Å². The smallest absolute Gasteiger partial charge is 0.145 e.